The zero-order valence-electron chi connectivity index (χ0n) is 7.90. The van der Waals surface area contributed by atoms with Crippen molar-refractivity contribution < 1.29 is 8.42 Å². The van der Waals surface area contributed by atoms with Gasteiger partial charge in [-0.3, -0.25) is 9.82 Å². The van der Waals surface area contributed by atoms with Crippen molar-refractivity contribution in [1.29, 1.82) is 0 Å². The molecule has 7 nitrogen and oxygen atoms in total. The molecule has 0 aromatic carbocycles. The zero-order chi connectivity index (χ0) is 10.8. The number of hydrogen-bond acceptors (Lipinski definition) is 4. The van der Waals surface area contributed by atoms with E-state index in [-0.39, 0.29) is 17.5 Å². The molecule has 8 heteroatoms. The van der Waals surface area contributed by atoms with E-state index < -0.39 is 10.2 Å². The van der Waals surface area contributed by atoms with Crippen molar-refractivity contribution in [2.24, 2.45) is 0 Å². The van der Waals surface area contributed by atoms with Crippen LogP contribution in [0.5, 0.6) is 0 Å². The smallest absolute Gasteiger partial charge is 0.300 e. The Hall–Kier alpha value is -1.28. The van der Waals surface area contributed by atoms with Gasteiger partial charge in [-0.15, -0.1) is 0 Å². The van der Waals surface area contributed by atoms with E-state index in [9.17, 15) is 8.42 Å². The Bertz CT molecular complexity index is 396. The van der Waals surface area contributed by atoms with Gasteiger partial charge in [-0.05, 0) is 13.8 Å². The molecule has 0 bridgehead atoms. The van der Waals surface area contributed by atoms with Crippen molar-refractivity contribution in [3.63, 3.8) is 0 Å². The predicted molar refractivity (Wildman–Crippen MR) is 53.8 cm³/mol. The second-order valence-electron chi connectivity index (χ2n) is 3.08. The van der Waals surface area contributed by atoms with Crippen LogP contribution in [0.2, 0.25) is 0 Å². The molecule has 0 aliphatic rings. The molecule has 0 aliphatic carbocycles. The van der Waals surface area contributed by atoms with E-state index in [1.165, 1.54) is 6.20 Å². The number of H-pyrrole nitrogens is 1. The van der Waals surface area contributed by atoms with Gasteiger partial charge in [0.25, 0.3) is 0 Å². The minimum Gasteiger partial charge on any atom is -0.394 e. The quantitative estimate of drug-likeness (QED) is 0.554. The van der Waals surface area contributed by atoms with Crippen LogP contribution >= 0.6 is 0 Å². The molecule has 80 valence electrons. The Balaban J connectivity index is 2.74. The van der Waals surface area contributed by atoms with Crippen molar-refractivity contribution in [3.05, 3.63) is 6.20 Å². The first-order valence-electron chi connectivity index (χ1n) is 3.99. The van der Waals surface area contributed by atoms with Gasteiger partial charge in [0, 0.05) is 6.04 Å². The molecule has 0 saturated heterocycles. The second kappa shape index (κ2) is 3.84. The average molecular weight is 219 g/mol. The molecule has 0 spiro atoms. The Morgan fingerprint density at radius 3 is 2.64 bits per heavy atom. The van der Waals surface area contributed by atoms with Gasteiger partial charge in [-0.2, -0.15) is 18.2 Å². The molecule has 5 N–H and O–H groups in total. The van der Waals surface area contributed by atoms with Gasteiger partial charge in [0.2, 0.25) is 0 Å². The van der Waals surface area contributed by atoms with E-state index in [2.05, 4.69) is 19.6 Å². The normalized spacial score (nSPS) is 11.9. The Kier molecular flexibility index (Phi) is 2.96. The lowest BCUT2D eigenvalue weighted by Crippen LogP contribution is -2.35. The molecule has 0 aliphatic heterocycles. The number of rotatable bonds is 4. The van der Waals surface area contributed by atoms with Crippen LogP contribution in [0.25, 0.3) is 0 Å². The standard InChI is InChI=1S/C6H13N5O2S/c1-4(2)10-14(12,13)11-6-5(7)3-8-9-6/h3-4,10H,7H2,1-2H3,(H2,8,9,11). The molecule has 0 amide bonds. The van der Waals surface area contributed by atoms with Crippen LogP contribution in [0, 0.1) is 0 Å². The number of hydrogen-bond donors (Lipinski definition) is 4. The van der Waals surface area contributed by atoms with E-state index in [1.807, 2.05) is 0 Å². The van der Waals surface area contributed by atoms with Crippen LogP contribution in [0.15, 0.2) is 6.20 Å². The molecule has 0 radical (unpaired) electrons. The zero-order valence-corrected chi connectivity index (χ0v) is 8.72. The summed E-state index contributed by atoms with van der Waals surface area (Å²) < 4.78 is 27.2. The summed E-state index contributed by atoms with van der Waals surface area (Å²) in [5, 5.41) is 6.01. The lowest BCUT2D eigenvalue weighted by Gasteiger charge is -2.10. The second-order valence-corrected chi connectivity index (χ2v) is 4.53. The van der Waals surface area contributed by atoms with Crippen molar-refractivity contribution in [2.45, 2.75) is 19.9 Å². The van der Waals surface area contributed by atoms with Gasteiger partial charge in [-0.1, -0.05) is 0 Å². The van der Waals surface area contributed by atoms with E-state index in [4.69, 9.17) is 5.73 Å². The summed E-state index contributed by atoms with van der Waals surface area (Å²) in [5.41, 5.74) is 5.68. The SMILES string of the molecule is CC(C)NS(=O)(=O)Nc1[nH]ncc1N. The van der Waals surface area contributed by atoms with Gasteiger partial charge in [0.1, 0.15) is 0 Å². The lowest BCUT2D eigenvalue weighted by atomic mass is 10.4. The summed E-state index contributed by atoms with van der Waals surface area (Å²) in [6.07, 6.45) is 1.33. The van der Waals surface area contributed by atoms with Crippen molar-refractivity contribution in [3.8, 4) is 0 Å². The molecule has 0 unspecified atom stereocenters. The maximum atomic E-state index is 11.3. The van der Waals surface area contributed by atoms with Gasteiger partial charge in [-0.25, -0.2) is 0 Å². The molecule has 1 aromatic heterocycles. The van der Waals surface area contributed by atoms with E-state index in [1.54, 1.807) is 13.8 Å². The molecule has 0 fully saturated rings. The van der Waals surface area contributed by atoms with E-state index >= 15 is 0 Å². The van der Waals surface area contributed by atoms with Crippen LogP contribution in [0.1, 0.15) is 13.8 Å². The van der Waals surface area contributed by atoms with Gasteiger partial charge >= 0.3 is 10.2 Å². The third kappa shape index (κ3) is 2.89. The largest absolute Gasteiger partial charge is 0.394 e. The van der Waals surface area contributed by atoms with Crippen LogP contribution in [-0.2, 0) is 10.2 Å². The first kappa shape index (κ1) is 10.8. The predicted octanol–water partition coefficient (Wildman–Crippen LogP) is -0.353. The van der Waals surface area contributed by atoms with E-state index in [0.717, 1.165) is 0 Å². The maximum absolute atomic E-state index is 11.3. The summed E-state index contributed by atoms with van der Waals surface area (Å²) in [5.74, 6) is 0.165. The summed E-state index contributed by atoms with van der Waals surface area (Å²) >= 11 is 0. The number of anilines is 2. The first-order valence-corrected chi connectivity index (χ1v) is 5.48. The minimum atomic E-state index is -3.58. The highest BCUT2D eigenvalue weighted by atomic mass is 32.2. The van der Waals surface area contributed by atoms with E-state index in [0.29, 0.717) is 0 Å². The highest BCUT2D eigenvalue weighted by Gasteiger charge is 2.13. The maximum Gasteiger partial charge on any atom is 0.300 e. The average Bonchev–Trinajstić information content (AvgIpc) is 2.32. The summed E-state index contributed by atoms with van der Waals surface area (Å²) in [7, 11) is -3.58. The summed E-state index contributed by atoms with van der Waals surface area (Å²) in [6.45, 7) is 3.44. The van der Waals surface area contributed by atoms with Gasteiger partial charge in [0.05, 0.1) is 11.9 Å². The van der Waals surface area contributed by atoms with Crippen molar-refractivity contribution in [2.75, 3.05) is 10.5 Å². The fraction of sp³-hybridized carbons (Fsp3) is 0.500. The van der Waals surface area contributed by atoms with Crippen LogP contribution in [0.3, 0.4) is 0 Å². The summed E-state index contributed by atoms with van der Waals surface area (Å²) in [4.78, 5) is 0. The van der Waals surface area contributed by atoms with Crippen LogP contribution in [0.4, 0.5) is 11.5 Å². The third-order valence-corrected chi connectivity index (χ3v) is 2.55. The lowest BCUT2D eigenvalue weighted by molar-refractivity contribution is 0.575. The number of nitrogens with zero attached hydrogens (tertiary/aromatic N) is 1. The molecule has 1 heterocycles. The Labute approximate surface area is 82.3 Å². The monoisotopic (exact) mass is 219 g/mol. The summed E-state index contributed by atoms with van der Waals surface area (Å²) in [6, 6.07) is -0.184. The minimum absolute atomic E-state index is 0.165. The third-order valence-electron chi connectivity index (χ3n) is 1.30. The Morgan fingerprint density at radius 1 is 1.57 bits per heavy atom. The molecule has 0 saturated carbocycles. The number of nitrogens with one attached hydrogen (secondary N) is 3. The van der Waals surface area contributed by atoms with Crippen LogP contribution < -0.4 is 15.2 Å². The Morgan fingerprint density at radius 2 is 2.21 bits per heavy atom. The fourth-order valence-electron chi connectivity index (χ4n) is 0.851. The fourth-order valence-corrected chi connectivity index (χ4v) is 1.96. The molecule has 14 heavy (non-hydrogen) atoms. The molecule has 1 aromatic rings. The van der Waals surface area contributed by atoms with Gasteiger partial charge in [0.15, 0.2) is 5.82 Å². The first-order chi connectivity index (χ1) is 6.41. The van der Waals surface area contributed by atoms with Crippen molar-refractivity contribution in [1.82, 2.24) is 14.9 Å². The molecular formula is C6H13N5O2S. The highest BCUT2D eigenvalue weighted by molar-refractivity contribution is 7.90. The van der Waals surface area contributed by atoms with Crippen molar-refractivity contribution >= 4 is 21.7 Å². The number of nitrogen functional groups attached to an aromatic ring is 1. The molecule has 0 atom stereocenters. The number of aromatic amines is 1. The number of aromatic nitrogens is 2. The number of nitrogens with two attached hydrogens (primary N) is 1. The highest BCUT2D eigenvalue weighted by Crippen LogP contribution is 2.13. The van der Waals surface area contributed by atoms with Crippen LogP contribution in [-0.4, -0.2) is 24.7 Å². The topological polar surface area (TPSA) is 113 Å². The molecular weight excluding hydrogens is 206 g/mol. The molecule has 1 rings (SSSR count). The van der Waals surface area contributed by atoms with Gasteiger partial charge < -0.3 is 5.73 Å².